The zero-order valence-electron chi connectivity index (χ0n) is 28.2. The van der Waals surface area contributed by atoms with Crippen molar-refractivity contribution in [2.75, 3.05) is 0 Å². The first-order chi connectivity index (χ1) is 25.5. The zero-order valence-corrected chi connectivity index (χ0v) is 29.7. The van der Waals surface area contributed by atoms with Gasteiger partial charge in [0, 0.05) is 28.7 Å². The van der Waals surface area contributed by atoms with Crippen LogP contribution in [0.4, 0.5) is 4.39 Å². The van der Waals surface area contributed by atoms with Crippen LogP contribution in [0, 0.1) is 5.82 Å². The molecule has 0 bridgehead atoms. The summed E-state index contributed by atoms with van der Waals surface area (Å²) in [5, 5.41) is 50.2. The van der Waals surface area contributed by atoms with Crippen molar-refractivity contribution in [1.82, 2.24) is 45.3 Å². The Kier molecular flexibility index (Phi) is 11.4. The molecule has 2 unspecified atom stereocenters. The van der Waals surface area contributed by atoms with Crippen LogP contribution < -0.4 is 0 Å². The lowest BCUT2D eigenvalue weighted by molar-refractivity contribution is -0.800. The molecule has 1 aliphatic heterocycles. The molecule has 0 fully saturated rings. The summed E-state index contributed by atoms with van der Waals surface area (Å²) in [6.07, 6.45) is 0.692. The number of halogens is 3. The van der Waals surface area contributed by atoms with Gasteiger partial charge in [-0.2, -0.15) is 0 Å². The molecular formula is C34H33Cl2FN11O5+. The summed E-state index contributed by atoms with van der Waals surface area (Å²) in [6, 6.07) is 13.2. The highest BCUT2D eigenvalue weighted by atomic mass is 35.5. The fraction of sp³-hybridized carbons (Fsp3) is 0.294. The van der Waals surface area contributed by atoms with E-state index in [2.05, 4.69) is 36.2 Å². The van der Waals surface area contributed by atoms with Gasteiger partial charge in [-0.25, -0.2) is 23.3 Å². The number of aliphatic hydroxyl groups is 2. The first-order valence-corrected chi connectivity index (χ1v) is 17.2. The maximum absolute atomic E-state index is 15.1. The first-order valence-electron chi connectivity index (χ1n) is 16.5. The Morgan fingerprint density at radius 3 is 2.02 bits per heavy atom. The Hall–Kier alpha value is -5.33. The van der Waals surface area contributed by atoms with Gasteiger partial charge < -0.3 is 15.1 Å². The normalized spacial score (nSPS) is 17.8. The largest absolute Gasteiger partial charge is 0.381 e. The summed E-state index contributed by atoms with van der Waals surface area (Å²) in [5.41, 5.74) is 1.43. The molecule has 53 heavy (non-hydrogen) atoms. The molecule has 0 radical (unpaired) electrons. The van der Waals surface area contributed by atoms with E-state index in [0.717, 1.165) is 6.07 Å². The van der Waals surface area contributed by atoms with Crippen LogP contribution in [0.15, 0.2) is 78.4 Å². The maximum atomic E-state index is 15.1. The van der Waals surface area contributed by atoms with Crippen molar-refractivity contribution in [3.8, 4) is 11.4 Å². The average Bonchev–Trinajstić information content (AvgIpc) is 3.96. The van der Waals surface area contributed by atoms with E-state index in [0.29, 0.717) is 45.4 Å². The van der Waals surface area contributed by atoms with Gasteiger partial charge in [0.05, 0.1) is 24.0 Å². The standard InChI is InChI=1S/C34H33Cl2FN11O5/c1-2-3-8-30(49)33(52)48(34(53)31(50)25-6-4-5-7-26(25)37)29(13-14-40-48)32(51)45(17-21-15-23(35)9-11-27(21)46-19-38-41-43-46)18-22-16-24(36)10-12-28(22)47-20-39-42-44-47/h4-7,9-12,14-16,19-20,29-31,49-50H,2-3,8,13,17-18H2,1H3/q+1/t29-,30+,31?,48?/m0/s1. The second kappa shape index (κ2) is 16.1. The summed E-state index contributed by atoms with van der Waals surface area (Å²) in [7, 11) is 0. The van der Waals surface area contributed by atoms with E-state index in [4.69, 9.17) is 23.2 Å². The number of hydrogen-bond donors (Lipinski definition) is 2. The van der Waals surface area contributed by atoms with Crippen LogP contribution in [0.2, 0.25) is 10.0 Å². The predicted octanol–water partition coefficient (Wildman–Crippen LogP) is 3.53. The smallest absolute Gasteiger partial charge is 0.379 e. The number of tetrazole rings is 2. The zero-order chi connectivity index (χ0) is 37.7. The molecule has 16 nitrogen and oxygen atoms in total. The van der Waals surface area contributed by atoms with Crippen LogP contribution >= 0.6 is 23.2 Å². The molecule has 19 heteroatoms. The minimum absolute atomic E-state index is 0.0474. The number of unbranched alkanes of at least 4 members (excludes halogenated alkanes) is 1. The monoisotopic (exact) mass is 764 g/mol. The van der Waals surface area contributed by atoms with Gasteiger partial charge in [-0.1, -0.05) is 70.9 Å². The van der Waals surface area contributed by atoms with E-state index in [1.165, 1.54) is 51.3 Å². The van der Waals surface area contributed by atoms with Crippen molar-refractivity contribution in [2.45, 2.75) is 63.9 Å². The van der Waals surface area contributed by atoms with Crippen LogP contribution in [0.5, 0.6) is 0 Å². The highest BCUT2D eigenvalue weighted by Crippen LogP contribution is 2.35. The topological polar surface area (TPSA) is 194 Å². The number of imide groups is 1. The van der Waals surface area contributed by atoms with Gasteiger partial charge in [-0.3, -0.25) is 4.79 Å². The highest BCUT2D eigenvalue weighted by molar-refractivity contribution is 6.31. The molecule has 3 amide bonds. The quantitative estimate of drug-likeness (QED) is 0.167. The van der Waals surface area contributed by atoms with Gasteiger partial charge in [0.1, 0.15) is 18.5 Å². The van der Waals surface area contributed by atoms with Crippen molar-refractivity contribution in [1.29, 1.82) is 0 Å². The number of amides is 3. The van der Waals surface area contributed by atoms with Crippen molar-refractivity contribution in [2.24, 2.45) is 5.10 Å². The number of rotatable bonds is 13. The second-order valence-electron chi connectivity index (χ2n) is 12.2. The van der Waals surface area contributed by atoms with Gasteiger partial charge in [0.15, 0.2) is 6.10 Å². The van der Waals surface area contributed by atoms with Crippen LogP contribution in [-0.2, 0) is 27.5 Å². The molecule has 0 saturated heterocycles. The van der Waals surface area contributed by atoms with Crippen molar-refractivity contribution in [3.63, 3.8) is 0 Å². The molecule has 5 aromatic rings. The number of nitrogens with zero attached hydrogens (tertiary/aromatic N) is 11. The molecule has 6 rings (SSSR count). The molecule has 0 spiro atoms. The van der Waals surface area contributed by atoms with Gasteiger partial charge in [0.2, 0.25) is 12.1 Å². The van der Waals surface area contributed by atoms with Crippen molar-refractivity contribution in [3.05, 3.63) is 106 Å². The number of hydrogen-bond acceptors (Lipinski definition) is 12. The van der Waals surface area contributed by atoms with E-state index in [-0.39, 0.29) is 25.9 Å². The average molecular weight is 766 g/mol. The fourth-order valence-corrected chi connectivity index (χ4v) is 6.64. The Bertz CT molecular complexity index is 2050. The third-order valence-corrected chi connectivity index (χ3v) is 9.33. The highest BCUT2D eigenvalue weighted by Gasteiger charge is 2.62. The summed E-state index contributed by atoms with van der Waals surface area (Å²) in [4.78, 5) is 45.3. The SMILES string of the molecule is CCCC[C@@H](O)C(=O)[N+]1(C(=O)C(O)c2ccccc2F)N=CC[C@H]1C(=O)N(Cc1cc(Cl)ccc1-n1cnnn1)Cc1cc(Cl)ccc1-n1cnnn1. The number of quaternary nitrogens is 1. The van der Waals surface area contributed by atoms with E-state index in [1.807, 2.05) is 6.92 Å². The third-order valence-electron chi connectivity index (χ3n) is 8.86. The van der Waals surface area contributed by atoms with Crippen molar-refractivity contribution >= 4 is 47.1 Å². The molecule has 0 saturated carbocycles. The number of carbonyl (C=O) groups excluding carboxylic acids is 3. The van der Waals surface area contributed by atoms with Gasteiger partial charge in [-0.15, -0.1) is 10.2 Å². The summed E-state index contributed by atoms with van der Waals surface area (Å²) < 4.78 is 16.1. The minimum Gasteiger partial charge on any atom is -0.379 e. The lowest BCUT2D eigenvalue weighted by Gasteiger charge is -2.35. The molecule has 1 aliphatic rings. The molecule has 3 heterocycles. The molecule has 274 valence electrons. The molecule has 2 N–H and O–H groups in total. The van der Waals surface area contributed by atoms with Crippen LogP contribution in [0.3, 0.4) is 0 Å². The minimum atomic E-state index is -2.23. The molecule has 0 aliphatic carbocycles. The maximum Gasteiger partial charge on any atom is 0.381 e. The van der Waals surface area contributed by atoms with E-state index >= 15 is 4.79 Å². The molecule has 2 aromatic heterocycles. The van der Waals surface area contributed by atoms with Crippen LogP contribution in [0.25, 0.3) is 11.4 Å². The summed E-state index contributed by atoms with van der Waals surface area (Å²) in [6.45, 7) is 1.47. The predicted molar refractivity (Wildman–Crippen MR) is 187 cm³/mol. The van der Waals surface area contributed by atoms with Gasteiger partial charge in [-0.05, 0) is 80.9 Å². The Balaban J connectivity index is 1.48. The Morgan fingerprint density at radius 2 is 1.49 bits per heavy atom. The molecule has 4 atom stereocenters. The molecule has 3 aromatic carbocycles. The first kappa shape index (κ1) is 37.4. The summed E-state index contributed by atoms with van der Waals surface area (Å²) in [5.74, 6) is -4.14. The van der Waals surface area contributed by atoms with Crippen molar-refractivity contribution < 1.29 is 33.6 Å². The van der Waals surface area contributed by atoms with Gasteiger partial charge in [0.25, 0.3) is 5.91 Å². The molecular weight excluding hydrogens is 732 g/mol. The number of benzene rings is 3. The number of aliphatic hydroxyl groups excluding tert-OH is 2. The van der Waals surface area contributed by atoms with Crippen LogP contribution in [-0.4, -0.2) is 96.2 Å². The lowest BCUT2D eigenvalue weighted by Crippen LogP contribution is -2.65. The van der Waals surface area contributed by atoms with Crippen LogP contribution in [0.1, 0.15) is 55.4 Å². The van der Waals surface area contributed by atoms with E-state index < -0.39 is 51.9 Å². The van der Waals surface area contributed by atoms with E-state index in [9.17, 15) is 24.2 Å². The third kappa shape index (κ3) is 7.60. The number of carbonyl (C=O) groups is 3. The Morgan fingerprint density at radius 1 is 0.906 bits per heavy atom. The van der Waals surface area contributed by atoms with E-state index in [1.54, 1.807) is 36.4 Å². The number of aromatic nitrogens is 8. The van der Waals surface area contributed by atoms with Gasteiger partial charge >= 0.3 is 11.8 Å². The summed E-state index contributed by atoms with van der Waals surface area (Å²) >= 11 is 12.9. The second-order valence-corrected chi connectivity index (χ2v) is 13.1. The fourth-order valence-electron chi connectivity index (χ4n) is 6.25. The lowest BCUT2D eigenvalue weighted by atomic mass is 10.0. The Labute approximate surface area is 311 Å².